The summed E-state index contributed by atoms with van der Waals surface area (Å²) in [6.45, 7) is 0. The van der Waals surface area contributed by atoms with Gasteiger partial charge in [-0.1, -0.05) is 76.6 Å². The highest BCUT2D eigenvalue weighted by molar-refractivity contribution is 9.10. The van der Waals surface area contributed by atoms with Crippen LogP contribution in [0.4, 0.5) is 5.82 Å². The number of benzene rings is 3. The van der Waals surface area contributed by atoms with Gasteiger partial charge in [-0.05, 0) is 29.8 Å². The molecule has 2 aromatic heterocycles. The van der Waals surface area contributed by atoms with Gasteiger partial charge in [0.05, 0.1) is 11.9 Å². The highest BCUT2D eigenvalue weighted by Crippen LogP contribution is 2.31. The quantitative estimate of drug-likeness (QED) is 0.291. The average molecular weight is 560 g/mol. The number of halogens is 1. The van der Waals surface area contributed by atoms with Crippen molar-refractivity contribution in [2.24, 2.45) is 5.10 Å². The van der Waals surface area contributed by atoms with Gasteiger partial charge in [0.1, 0.15) is 34.8 Å². The van der Waals surface area contributed by atoms with Gasteiger partial charge in [0.2, 0.25) is 0 Å². The Labute approximate surface area is 226 Å². The first-order valence-corrected chi connectivity index (χ1v) is 12.2. The van der Waals surface area contributed by atoms with Gasteiger partial charge in [0.15, 0.2) is 0 Å². The van der Waals surface area contributed by atoms with E-state index in [-0.39, 0.29) is 22.5 Å². The zero-order chi connectivity index (χ0) is 26.6. The van der Waals surface area contributed by atoms with Crippen LogP contribution >= 0.6 is 15.9 Å². The molecule has 2 N–H and O–H groups in total. The summed E-state index contributed by atoms with van der Waals surface area (Å²) in [6, 6.07) is 30.1. The second kappa shape index (κ2) is 10.4. The molecule has 0 radical (unpaired) electrons. The fourth-order valence-corrected chi connectivity index (χ4v) is 4.48. The number of nitrogens with zero attached hydrogens (tertiary/aromatic N) is 6. The second-order valence-electron chi connectivity index (χ2n) is 8.18. The molecule has 182 valence electrons. The van der Waals surface area contributed by atoms with E-state index in [1.165, 1.54) is 6.21 Å². The van der Waals surface area contributed by atoms with E-state index < -0.39 is 5.56 Å². The topological polar surface area (TPSA) is 126 Å². The van der Waals surface area contributed by atoms with Crippen molar-refractivity contribution in [1.82, 2.24) is 14.5 Å². The van der Waals surface area contributed by atoms with Crippen LogP contribution in [0, 0.1) is 22.7 Å². The lowest BCUT2D eigenvalue weighted by Crippen LogP contribution is -2.25. The zero-order valence-electron chi connectivity index (χ0n) is 19.8. The molecule has 38 heavy (non-hydrogen) atoms. The predicted octanol–water partition coefficient (Wildman–Crippen LogP) is 5.34. The molecule has 0 aliphatic carbocycles. The molecule has 5 rings (SSSR count). The van der Waals surface area contributed by atoms with Crippen molar-refractivity contribution >= 4 is 28.0 Å². The highest BCUT2D eigenvalue weighted by Gasteiger charge is 2.22. The van der Waals surface area contributed by atoms with Crippen LogP contribution in [-0.4, -0.2) is 20.7 Å². The van der Waals surface area contributed by atoms with Gasteiger partial charge in [-0.15, -0.1) is 0 Å². The molecule has 0 aliphatic rings. The molecule has 5 aromatic rings. The van der Waals surface area contributed by atoms with Gasteiger partial charge >= 0.3 is 0 Å². The van der Waals surface area contributed by atoms with E-state index in [0.717, 1.165) is 20.4 Å². The second-order valence-corrected chi connectivity index (χ2v) is 9.10. The number of nitrogen functional groups attached to an aromatic ring is 1. The molecule has 0 atom stereocenters. The Morgan fingerprint density at radius 2 is 1.55 bits per heavy atom. The van der Waals surface area contributed by atoms with Crippen LogP contribution in [0.25, 0.3) is 28.1 Å². The van der Waals surface area contributed by atoms with Crippen LogP contribution in [0.15, 0.2) is 105 Å². The minimum Gasteiger partial charge on any atom is -0.382 e. The van der Waals surface area contributed by atoms with Gasteiger partial charge in [-0.3, -0.25) is 4.79 Å². The van der Waals surface area contributed by atoms with Crippen molar-refractivity contribution in [2.75, 3.05) is 5.73 Å². The lowest BCUT2D eigenvalue weighted by atomic mass is 9.97. The van der Waals surface area contributed by atoms with Gasteiger partial charge < -0.3 is 5.73 Å². The number of aromatic nitrogens is 3. The lowest BCUT2D eigenvalue weighted by molar-refractivity contribution is 0.841. The fraction of sp³-hybridized carbons (Fsp3) is 0. The first kappa shape index (κ1) is 24.4. The molecule has 0 saturated heterocycles. The largest absolute Gasteiger partial charge is 0.382 e. The van der Waals surface area contributed by atoms with E-state index in [2.05, 4.69) is 21.0 Å². The van der Waals surface area contributed by atoms with Crippen molar-refractivity contribution in [3.05, 3.63) is 123 Å². The first-order valence-electron chi connectivity index (χ1n) is 11.4. The maximum Gasteiger partial charge on any atom is 0.291 e. The maximum atomic E-state index is 13.4. The molecule has 0 saturated carbocycles. The smallest absolute Gasteiger partial charge is 0.291 e. The maximum absolute atomic E-state index is 13.4. The van der Waals surface area contributed by atoms with Crippen LogP contribution < -0.4 is 11.3 Å². The molecule has 0 fully saturated rings. The predicted molar refractivity (Wildman–Crippen MR) is 150 cm³/mol. The van der Waals surface area contributed by atoms with Crippen molar-refractivity contribution in [3.8, 4) is 40.2 Å². The van der Waals surface area contributed by atoms with Crippen LogP contribution in [0.3, 0.4) is 0 Å². The number of anilines is 1. The lowest BCUT2D eigenvalue weighted by Gasteiger charge is -2.12. The van der Waals surface area contributed by atoms with Gasteiger partial charge in [-0.2, -0.15) is 25.4 Å². The highest BCUT2D eigenvalue weighted by atomic mass is 79.9. The molecule has 0 bridgehead atoms. The Morgan fingerprint density at radius 3 is 2.21 bits per heavy atom. The number of hydrogen-bond donors (Lipinski definition) is 1. The van der Waals surface area contributed by atoms with Gasteiger partial charge in [0, 0.05) is 27.4 Å². The summed E-state index contributed by atoms with van der Waals surface area (Å²) in [6.07, 6.45) is 3.24. The van der Waals surface area contributed by atoms with E-state index in [0.29, 0.717) is 16.8 Å². The molecule has 2 heterocycles. The summed E-state index contributed by atoms with van der Waals surface area (Å²) in [5.74, 6) is -0.167. The van der Waals surface area contributed by atoms with Crippen molar-refractivity contribution in [3.63, 3.8) is 0 Å². The van der Waals surface area contributed by atoms with Crippen molar-refractivity contribution in [2.45, 2.75) is 0 Å². The Morgan fingerprint density at radius 1 is 0.895 bits per heavy atom. The number of hydrogen-bond acceptors (Lipinski definition) is 6. The zero-order valence-corrected chi connectivity index (χ0v) is 21.4. The van der Waals surface area contributed by atoms with E-state index in [1.807, 2.05) is 72.8 Å². The van der Waals surface area contributed by atoms with Gasteiger partial charge in [0.25, 0.3) is 5.56 Å². The average Bonchev–Trinajstić information content (AvgIpc) is 3.38. The Balaban J connectivity index is 1.68. The number of nitriles is 2. The van der Waals surface area contributed by atoms with E-state index >= 15 is 0 Å². The third-order valence-corrected chi connectivity index (χ3v) is 6.34. The van der Waals surface area contributed by atoms with Crippen molar-refractivity contribution < 1.29 is 0 Å². The molecule has 0 aliphatic heterocycles. The normalized spacial score (nSPS) is 10.8. The van der Waals surface area contributed by atoms with Crippen LogP contribution in [0.1, 0.15) is 16.7 Å². The monoisotopic (exact) mass is 559 g/mol. The van der Waals surface area contributed by atoms with E-state index in [1.54, 1.807) is 35.1 Å². The number of pyridine rings is 1. The fourth-order valence-electron chi connectivity index (χ4n) is 4.08. The number of rotatable bonds is 5. The van der Waals surface area contributed by atoms with Gasteiger partial charge in [-0.25, -0.2) is 4.68 Å². The molecule has 0 amide bonds. The molecule has 0 unspecified atom stereocenters. The third kappa shape index (κ3) is 4.50. The minimum absolute atomic E-state index is 0.0142. The number of nitrogens with two attached hydrogens (primary N) is 1. The Hall–Kier alpha value is -5.25. The minimum atomic E-state index is -0.730. The molecule has 9 heteroatoms. The number of para-hydroxylation sites is 1. The van der Waals surface area contributed by atoms with Crippen LogP contribution in [0.5, 0.6) is 0 Å². The van der Waals surface area contributed by atoms with Crippen molar-refractivity contribution in [1.29, 1.82) is 10.5 Å². The molecular formula is C29H18BrN7O. The first-order chi connectivity index (χ1) is 18.5. The molecule has 3 aromatic carbocycles. The van der Waals surface area contributed by atoms with E-state index in [9.17, 15) is 15.3 Å². The summed E-state index contributed by atoms with van der Waals surface area (Å²) in [4.78, 5) is 13.4. The van der Waals surface area contributed by atoms with Crippen LogP contribution in [0.2, 0.25) is 0 Å². The standard InChI is InChI=1S/C29H18BrN7O/c30-22-11-7-10-20(14-22)26-24(15-31)28(33)37(29(38)25(26)16-32)34-17-21-18-36(23-12-5-2-6-13-23)35-27(21)19-8-3-1-4-9-19/h1-14,17-18H,33H2/b34-17+. The molecule has 0 spiro atoms. The summed E-state index contributed by atoms with van der Waals surface area (Å²) < 4.78 is 3.33. The molecular weight excluding hydrogens is 542 g/mol. The summed E-state index contributed by atoms with van der Waals surface area (Å²) in [7, 11) is 0. The third-order valence-electron chi connectivity index (χ3n) is 5.85. The molecule has 8 nitrogen and oxygen atoms in total. The Kier molecular flexibility index (Phi) is 6.68. The van der Waals surface area contributed by atoms with E-state index in [4.69, 9.17) is 10.8 Å². The Bertz CT molecular complexity index is 1830. The summed E-state index contributed by atoms with van der Waals surface area (Å²) in [5.41, 5.74) is 8.95. The van der Waals surface area contributed by atoms with Crippen LogP contribution in [-0.2, 0) is 0 Å². The summed E-state index contributed by atoms with van der Waals surface area (Å²) in [5, 5.41) is 28.9. The summed E-state index contributed by atoms with van der Waals surface area (Å²) >= 11 is 3.39. The SMILES string of the molecule is N#Cc1c(-c2cccc(Br)c2)c(C#N)c(=O)n(/N=C/c2cn(-c3ccccc3)nc2-c2ccccc2)c1N.